The molecule has 1 aliphatic rings. The molecule has 24 heavy (non-hydrogen) atoms. The molecule has 7 heteroatoms. The van der Waals surface area contributed by atoms with Crippen molar-refractivity contribution < 1.29 is 24.2 Å². The Morgan fingerprint density at radius 1 is 1.17 bits per heavy atom. The summed E-state index contributed by atoms with van der Waals surface area (Å²) in [5.74, 6) is -2.19. The van der Waals surface area contributed by atoms with Crippen LogP contribution in [0.3, 0.4) is 0 Å². The number of carboxylic acids is 1. The smallest absolute Gasteiger partial charge is 0.339 e. The fourth-order valence-electron chi connectivity index (χ4n) is 2.56. The largest absolute Gasteiger partial charge is 0.493 e. The second-order valence-electron chi connectivity index (χ2n) is 5.03. The Balaban J connectivity index is 2.14. The van der Waals surface area contributed by atoms with Gasteiger partial charge in [-0.25, -0.2) is 9.69 Å². The van der Waals surface area contributed by atoms with E-state index in [2.05, 4.69) is 0 Å². The van der Waals surface area contributed by atoms with Crippen molar-refractivity contribution in [2.75, 3.05) is 11.5 Å². The van der Waals surface area contributed by atoms with Gasteiger partial charge in [-0.3, -0.25) is 9.59 Å². The predicted octanol–water partition coefficient (Wildman–Crippen LogP) is 3.24. The molecule has 1 N–H and O–H groups in total. The number of aromatic carboxylic acids is 1. The van der Waals surface area contributed by atoms with Crippen molar-refractivity contribution in [1.82, 2.24) is 0 Å². The van der Waals surface area contributed by atoms with Gasteiger partial charge in [0.15, 0.2) is 0 Å². The van der Waals surface area contributed by atoms with Crippen LogP contribution in [0.25, 0.3) is 0 Å². The number of imide groups is 1. The van der Waals surface area contributed by atoms with Gasteiger partial charge in [0.25, 0.3) is 11.8 Å². The fraction of sp³-hybridized carbons (Fsp3) is 0.118. The van der Waals surface area contributed by atoms with Crippen molar-refractivity contribution in [2.45, 2.75) is 6.92 Å². The first-order valence-electron chi connectivity index (χ1n) is 7.13. The average molecular weight is 346 g/mol. The molecule has 0 atom stereocenters. The van der Waals surface area contributed by atoms with Crippen LogP contribution in [0.4, 0.5) is 5.69 Å². The predicted molar refractivity (Wildman–Crippen MR) is 87.2 cm³/mol. The van der Waals surface area contributed by atoms with E-state index in [1.165, 1.54) is 12.1 Å². The summed E-state index contributed by atoms with van der Waals surface area (Å²) in [6, 6.07) is 8.91. The molecule has 0 saturated heterocycles. The van der Waals surface area contributed by atoms with Gasteiger partial charge in [0.1, 0.15) is 11.3 Å². The average Bonchev–Trinajstić information content (AvgIpc) is 2.81. The maximum absolute atomic E-state index is 12.5. The highest BCUT2D eigenvalue weighted by Crippen LogP contribution is 2.37. The minimum absolute atomic E-state index is 0.0228. The van der Waals surface area contributed by atoms with Crippen molar-refractivity contribution in [2.24, 2.45) is 0 Å². The molecule has 1 aliphatic heterocycles. The molecule has 122 valence electrons. The molecule has 2 aromatic carbocycles. The lowest BCUT2D eigenvalue weighted by Gasteiger charge is -2.18. The third-order valence-electron chi connectivity index (χ3n) is 3.61. The van der Waals surface area contributed by atoms with E-state index >= 15 is 0 Å². The van der Waals surface area contributed by atoms with E-state index in [9.17, 15) is 19.5 Å². The highest BCUT2D eigenvalue weighted by Gasteiger charge is 2.38. The second-order valence-corrected chi connectivity index (χ2v) is 5.44. The van der Waals surface area contributed by atoms with E-state index < -0.39 is 17.8 Å². The summed E-state index contributed by atoms with van der Waals surface area (Å²) in [5, 5.41) is 9.21. The summed E-state index contributed by atoms with van der Waals surface area (Å²) in [6.07, 6.45) is 0. The molecule has 0 bridgehead atoms. The number of hydrogen-bond acceptors (Lipinski definition) is 4. The minimum Gasteiger partial charge on any atom is -0.493 e. The molecular weight excluding hydrogens is 334 g/mol. The molecule has 0 saturated carbocycles. The van der Waals surface area contributed by atoms with E-state index in [1.54, 1.807) is 31.2 Å². The molecule has 1 heterocycles. The van der Waals surface area contributed by atoms with Gasteiger partial charge < -0.3 is 9.84 Å². The molecule has 0 aliphatic carbocycles. The van der Waals surface area contributed by atoms with Crippen LogP contribution in [0.15, 0.2) is 36.4 Å². The maximum Gasteiger partial charge on any atom is 0.339 e. The first-order chi connectivity index (χ1) is 11.5. The Bertz CT molecular complexity index is 842. The summed E-state index contributed by atoms with van der Waals surface area (Å²) in [7, 11) is 0. The molecule has 2 aromatic rings. The number of halogens is 1. The van der Waals surface area contributed by atoms with Gasteiger partial charge in [-0.15, -0.1) is 0 Å². The topological polar surface area (TPSA) is 83.9 Å². The number of nitrogens with zero attached hydrogens (tertiary/aromatic N) is 1. The van der Waals surface area contributed by atoms with Gasteiger partial charge in [0.2, 0.25) is 0 Å². The van der Waals surface area contributed by atoms with E-state index in [1.807, 2.05) is 0 Å². The SMILES string of the molecule is CCOc1cc(N2C(=O)c3ccccc3C2=O)c(Cl)cc1C(=O)O. The van der Waals surface area contributed by atoms with E-state index in [0.717, 1.165) is 4.90 Å². The van der Waals surface area contributed by atoms with Crippen LogP contribution >= 0.6 is 11.6 Å². The highest BCUT2D eigenvalue weighted by molar-refractivity contribution is 6.40. The standard InChI is InChI=1S/C17H12ClNO5/c1-2-24-14-8-13(12(18)7-11(14)17(22)23)19-15(20)9-5-3-4-6-10(9)16(19)21/h3-8H,2H2,1H3,(H,22,23). The fourth-order valence-corrected chi connectivity index (χ4v) is 2.81. The van der Waals surface area contributed by atoms with Gasteiger partial charge in [-0.1, -0.05) is 23.7 Å². The molecule has 3 rings (SSSR count). The lowest BCUT2D eigenvalue weighted by molar-refractivity contribution is 0.0692. The summed E-state index contributed by atoms with van der Waals surface area (Å²) < 4.78 is 5.31. The lowest BCUT2D eigenvalue weighted by atomic mass is 10.1. The van der Waals surface area contributed by atoms with Crippen LogP contribution in [-0.2, 0) is 0 Å². The lowest BCUT2D eigenvalue weighted by Crippen LogP contribution is -2.29. The maximum atomic E-state index is 12.5. The molecule has 0 unspecified atom stereocenters. The van der Waals surface area contributed by atoms with Crippen LogP contribution in [0.5, 0.6) is 5.75 Å². The van der Waals surface area contributed by atoms with Crippen LogP contribution in [0, 0.1) is 0 Å². The zero-order valence-corrected chi connectivity index (χ0v) is 13.3. The summed E-state index contributed by atoms with van der Waals surface area (Å²) in [4.78, 5) is 37.3. The Kier molecular flexibility index (Phi) is 3.99. The third-order valence-corrected chi connectivity index (χ3v) is 3.92. The molecule has 0 aromatic heterocycles. The number of rotatable bonds is 4. The number of carbonyl (C=O) groups excluding carboxylic acids is 2. The highest BCUT2D eigenvalue weighted by atomic mass is 35.5. The van der Waals surface area contributed by atoms with Crippen molar-refractivity contribution >= 4 is 35.1 Å². The number of carboxylic acid groups (broad SMARTS) is 1. The first-order valence-corrected chi connectivity index (χ1v) is 7.51. The number of anilines is 1. The van der Waals surface area contributed by atoms with Crippen molar-refractivity contribution in [3.05, 3.63) is 58.1 Å². The normalized spacial score (nSPS) is 13.2. The van der Waals surface area contributed by atoms with Crippen LogP contribution in [0.2, 0.25) is 5.02 Å². The van der Waals surface area contributed by atoms with E-state index in [-0.39, 0.29) is 39.8 Å². The second kappa shape index (κ2) is 5.98. The van der Waals surface area contributed by atoms with Gasteiger partial charge in [-0.05, 0) is 25.1 Å². The van der Waals surface area contributed by atoms with E-state index in [0.29, 0.717) is 0 Å². The Morgan fingerprint density at radius 3 is 2.25 bits per heavy atom. The zero-order chi connectivity index (χ0) is 17.4. The minimum atomic E-state index is -1.21. The van der Waals surface area contributed by atoms with Gasteiger partial charge in [-0.2, -0.15) is 0 Å². The monoisotopic (exact) mass is 345 g/mol. The van der Waals surface area contributed by atoms with Crippen LogP contribution in [-0.4, -0.2) is 29.5 Å². The number of carbonyl (C=O) groups is 3. The Hall–Kier alpha value is -2.86. The molecule has 0 radical (unpaired) electrons. The molecular formula is C17H12ClNO5. The van der Waals surface area contributed by atoms with Crippen LogP contribution < -0.4 is 9.64 Å². The van der Waals surface area contributed by atoms with Crippen molar-refractivity contribution in [1.29, 1.82) is 0 Å². The molecule has 6 nitrogen and oxygen atoms in total. The summed E-state index contributed by atoms with van der Waals surface area (Å²) >= 11 is 6.13. The molecule has 2 amide bonds. The number of amides is 2. The van der Waals surface area contributed by atoms with Crippen molar-refractivity contribution in [3.63, 3.8) is 0 Å². The number of ether oxygens (including phenoxy) is 1. The Morgan fingerprint density at radius 2 is 1.75 bits per heavy atom. The number of hydrogen-bond donors (Lipinski definition) is 1. The van der Waals surface area contributed by atoms with E-state index in [4.69, 9.17) is 16.3 Å². The van der Waals surface area contributed by atoms with Gasteiger partial charge >= 0.3 is 5.97 Å². The van der Waals surface area contributed by atoms with Crippen LogP contribution in [0.1, 0.15) is 38.0 Å². The number of fused-ring (bicyclic) bond motifs is 1. The molecule has 0 spiro atoms. The van der Waals surface area contributed by atoms with Gasteiger partial charge in [0.05, 0.1) is 28.4 Å². The summed E-state index contributed by atoms with van der Waals surface area (Å²) in [6.45, 7) is 1.92. The zero-order valence-electron chi connectivity index (χ0n) is 12.6. The third kappa shape index (κ3) is 2.41. The van der Waals surface area contributed by atoms with Gasteiger partial charge in [0, 0.05) is 6.07 Å². The molecule has 0 fully saturated rings. The first kappa shape index (κ1) is 16.0. The summed E-state index contributed by atoms with van der Waals surface area (Å²) in [5.41, 5.74) is 0.510. The number of benzene rings is 2. The van der Waals surface area contributed by atoms with Crippen molar-refractivity contribution in [3.8, 4) is 5.75 Å². The quantitative estimate of drug-likeness (QED) is 0.860. The Labute approximate surface area is 142 Å².